The third kappa shape index (κ3) is 4.09. The van der Waals surface area contributed by atoms with Crippen molar-refractivity contribution in [3.8, 4) is 17.2 Å². The number of anilines is 1. The lowest BCUT2D eigenvalue weighted by molar-refractivity contribution is 0.0994. The number of hydrogen-bond acceptors (Lipinski definition) is 6. The minimum atomic E-state index is -0.360. The van der Waals surface area contributed by atoms with Crippen LogP contribution in [0.15, 0.2) is 47.0 Å². The van der Waals surface area contributed by atoms with Crippen LogP contribution in [0.4, 0.5) is 5.82 Å². The molecule has 7 nitrogen and oxygen atoms in total. The number of pyridine rings is 1. The number of ether oxygens (including phenoxy) is 3. The van der Waals surface area contributed by atoms with E-state index in [2.05, 4.69) is 10.3 Å². The normalized spacial score (nSPS) is 10.4. The van der Waals surface area contributed by atoms with Crippen LogP contribution in [0, 0.1) is 6.92 Å². The van der Waals surface area contributed by atoms with Gasteiger partial charge in [0.15, 0.2) is 5.76 Å². The first kappa shape index (κ1) is 19.3. The second kappa shape index (κ2) is 8.47. The molecule has 2 heterocycles. The third-order valence-corrected chi connectivity index (χ3v) is 4.29. The maximum Gasteiger partial charge on any atom is 0.292 e. The van der Waals surface area contributed by atoms with Crippen molar-refractivity contribution in [2.45, 2.75) is 13.3 Å². The van der Waals surface area contributed by atoms with Crippen LogP contribution in [0.5, 0.6) is 17.2 Å². The molecule has 3 rings (SSSR count). The Balaban J connectivity index is 1.81. The molecule has 0 bridgehead atoms. The lowest BCUT2D eigenvalue weighted by Crippen LogP contribution is -2.13. The van der Waals surface area contributed by atoms with Gasteiger partial charge in [0.1, 0.15) is 28.8 Å². The van der Waals surface area contributed by atoms with E-state index in [1.54, 1.807) is 51.8 Å². The van der Waals surface area contributed by atoms with Crippen LogP contribution in [0.2, 0.25) is 0 Å². The average Bonchev–Trinajstić information content (AvgIpc) is 3.18. The van der Waals surface area contributed by atoms with Crippen LogP contribution in [-0.2, 0) is 6.42 Å². The smallest absolute Gasteiger partial charge is 0.292 e. The highest BCUT2D eigenvalue weighted by Crippen LogP contribution is 2.35. The van der Waals surface area contributed by atoms with E-state index in [1.807, 2.05) is 19.1 Å². The van der Waals surface area contributed by atoms with Crippen molar-refractivity contribution in [1.29, 1.82) is 0 Å². The minimum Gasteiger partial charge on any atom is -0.496 e. The molecular formula is C21H22N2O5. The van der Waals surface area contributed by atoms with E-state index in [1.165, 1.54) is 0 Å². The largest absolute Gasteiger partial charge is 0.496 e. The number of methoxy groups -OCH3 is 3. The second-order valence-electron chi connectivity index (χ2n) is 6.08. The Kier molecular flexibility index (Phi) is 5.84. The van der Waals surface area contributed by atoms with Gasteiger partial charge < -0.3 is 23.9 Å². The molecular weight excluding hydrogens is 360 g/mol. The van der Waals surface area contributed by atoms with E-state index in [9.17, 15) is 4.79 Å². The standard InChI is InChI=1S/C21H22N2O5/c1-13-6-5-9-22-20(13)23-21(24)17-8-7-14(28-17)10-16-18(26-3)11-15(25-2)12-19(16)27-4/h5-9,11-12H,10H2,1-4H3,(H,22,23,24). The summed E-state index contributed by atoms with van der Waals surface area (Å²) < 4.78 is 21.9. The number of carbonyl (C=O) groups excluding carboxylic acids is 1. The second-order valence-corrected chi connectivity index (χ2v) is 6.08. The van der Waals surface area contributed by atoms with Gasteiger partial charge in [0.05, 0.1) is 21.3 Å². The SMILES string of the molecule is COc1cc(OC)c(Cc2ccc(C(=O)Nc3ncccc3C)o2)c(OC)c1. The molecule has 1 aromatic carbocycles. The number of aromatic nitrogens is 1. The summed E-state index contributed by atoms with van der Waals surface area (Å²) in [5.74, 6) is 2.80. The monoisotopic (exact) mass is 382 g/mol. The van der Waals surface area contributed by atoms with E-state index in [0.717, 1.165) is 11.1 Å². The summed E-state index contributed by atoms with van der Waals surface area (Å²) in [7, 11) is 4.73. The number of carbonyl (C=O) groups is 1. The zero-order valence-electron chi connectivity index (χ0n) is 16.2. The zero-order valence-corrected chi connectivity index (χ0v) is 16.2. The molecule has 0 aliphatic rings. The maximum absolute atomic E-state index is 12.5. The fourth-order valence-corrected chi connectivity index (χ4v) is 2.81. The lowest BCUT2D eigenvalue weighted by Gasteiger charge is -2.14. The molecule has 0 aliphatic heterocycles. The zero-order chi connectivity index (χ0) is 20.1. The average molecular weight is 382 g/mol. The predicted molar refractivity (Wildman–Crippen MR) is 105 cm³/mol. The maximum atomic E-state index is 12.5. The molecule has 0 fully saturated rings. The summed E-state index contributed by atoms with van der Waals surface area (Å²) in [6, 6.07) is 10.6. The Morgan fingerprint density at radius 3 is 2.39 bits per heavy atom. The number of hydrogen-bond donors (Lipinski definition) is 1. The van der Waals surface area contributed by atoms with E-state index < -0.39 is 0 Å². The van der Waals surface area contributed by atoms with Gasteiger partial charge in [-0.15, -0.1) is 0 Å². The molecule has 0 unspecified atom stereocenters. The van der Waals surface area contributed by atoms with Crippen LogP contribution in [0.3, 0.4) is 0 Å². The van der Waals surface area contributed by atoms with Gasteiger partial charge in [-0.1, -0.05) is 6.07 Å². The molecule has 0 spiro atoms. The fourth-order valence-electron chi connectivity index (χ4n) is 2.81. The summed E-state index contributed by atoms with van der Waals surface area (Å²) >= 11 is 0. The van der Waals surface area contributed by atoms with Crippen molar-refractivity contribution in [2.75, 3.05) is 26.6 Å². The van der Waals surface area contributed by atoms with Gasteiger partial charge in [0.25, 0.3) is 5.91 Å². The highest BCUT2D eigenvalue weighted by molar-refractivity contribution is 6.02. The summed E-state index contributed by atoms with van der Waals surface area (Å²) in [6.45, 7) is 1.87. The highest BCUT2D eigenvalue weighted by atomic mass is 16.5. The van der Waals surface area contributed by atoms with Gasteiger partial charge in [0.2, 0.25) is 0 Å². The van der Waals surface area contributed by atoms with Gasteiger partial charge in [-0.2, -0.15) is 0 Å². The van der Waals surface area contributed by atoms with Crippen LogP contribution >= 0.6 is 0 Å². The Hall–Kier alpha value is -3.48. The van der Waals surface area contributed by atoms with Crippen LogP contribution < -0.4 is 19.5 Å². The van der Waals surface area contributed by atoms with Crippen LogP contribution in [0.25, 0.3) is 0 Å². The molecule has 0 saturated carbocycles. The van der Waals surface area contributed by atoms with Gasteiger partial charge in [-0.05, 0) is 30.7 Å². The number of nitrogens with one attached hydrogen (secondary N) is 1. The quantitative estimate of drug-likeness (QED) is 0.668. The summed E-state index contributed by atoms with van der Waals surface area (Å²) in [6.07, 6.45) is 2.02. The van der Waals surface area contributed by atoms with Crippen LogP contribution in [0.1, 0.15) is 27.4 Å². The number of amides is 1. The Morgan fingerprint density at radius 1 is 1.07 bits per heavy atom. The third-order valence-electron chi connectivity index (χ3n) is 4.29. The van der Waals surface area contributed by atoms with E-state index in [-0.39, 0.29) is 11.7 Å². The molecule has 1 N–H and O–H groups in total. The summed E-state index contributed by atoms with van der Waals surface area (Å²) in [5.41, 5.74) is 1.67. The topological polar surface area (TPSA) is 82.8 Å². The van der Waals surface area contributed by atoms with Gasteiger partial charge in [0, 0.05) is 30.3 Å². The fraction of sp³-hybridized carbons (Fsp3) is 0.238. The van der Waals surface area contributed by atoms with E-state index in [0.29, 0.717) is 35.2 Å². The first-order chi connectivity index (χ1) is 13.5. The number of benzene rings is 1. The molecule has 0 saturated heterocycles. The Morgan fingerprint density at radius 2 is 1.79 bits per heavy atom. The number of nitrogens with zero attached hydrogens (tertiary/aromatic N) is 1. The molecule has 28 heavy (non-hydrogen) atoms. The molecule has 3 aromatic rings. The molecule has 7 heteroatoms. The van der Waals surface area contributed by atoms with Gasteiger partial charge in [-0.25, -0.2) is 4.98 Å². The van der Waals surface area contributed by atoms with Crippen molar-refractivity contribution in [3.05, 3.63) is 65.2 Å². The Labute approximate surface area is 163 Å². The predicted octanol–water partition coefficient (Wildman–Crippen LogP) is 3.85. The summed E-state index contributed by atoms with van der Waals surface area (Å²) in [4.78, 5) is 16.6. The molecule has 1 amide bonds. The van der Waals surface area contributed by atoms with Crippen molar-refractivity contribution < 1.29 is 23.4 Å². The highest BCUT2D eigenvalue weighted by Gasteiger charge is 2.18. The molecule has 0 atom stereocenters. The van der Waals surface area contributed by atoms with Gasteiger partial charge in [-0.3, -0.25) is 4.79 Å². The Bertz CT molecular complexity index is 955. The van der Waals surface area contributed by atoms with Crippen molar-refractivity contribution in [3.63, 3.8) is 0 Å². The first-order valence-electron chi connectivity index (χ1n) is 8.66. The van der Waals surface area contributed by atoms with Crippen LogP contribution in [-0.4, -0.2) is 32.2 Å². The lowest BCUT2D eigenvalue weighted by atomic mass is 10.1. The first-order valence-corrected chi connectivity index (χ1v) is 8.66. The van der Waals surface area contributed by atoms with E-state index >= 15 is 0 Å². The molecule has 0 aliphatic carbocycles. The van der Waals surface area contributed by atoms with Gasteiger partial charge >= 0.3 is 0 Å². The number of aryl methyl sites for hydroxylation is 1. The van der Waals surface area contributed by atoms with Crippen molar-refractivity contribution in [1.82, 2.24) is 4.98 Å². The van der Waals surface area contributed by atoms with Crippen molar-refractivity contribution in [2.24, 2.45) is 0 Å². The molecule has 146 valence electrons. The minimum absolute atomic E-state index is 0.200. The number of furan rings is 1. The molecule has 2 aromatic heterocycles. The van der Waals surface area contributed by atoms with Crippen molar-refractivity contribution >= 4 is 11.7 Å². The molecule has 0 radical (unpaired) electrons. The number of rotatable bonds is 7. The van der Waals surface area contributed by atoms with E-state index in [4.69, 9.17) is 18.6 Å². The summed E-state index contributed by atoms with van der Waals surface area (Å²) in [5, 5.41) is 2.75.